The van der Waals surface area contributed by atoms with Crippen LogP contribution in [0.2, 0.25) is 0 Å². The van der Waals surface area contributed by atoms with Gasteiger partial charge in [-0.05, 0) is 25.1 Å². The number of fused-ring (bicyclic) bond motifs is 1. The lowest BCUT2D eigenvalue weighted by Gasteiger charge is -2.07. The van der Waals surface area contributed by atoms with E-state index >= 15 is 0 Å². The fourth-order valence-corrected chi connectivity index (χ4v) is 2.65. The Bertz CT molecular complexity index is 850. The van der Waals surface area contributed by atoms with E-state index in [4.69, 9.17) is 4.98 Å². The average molecular weight is 305 g/mol. The highest BCUT2D eigenvalue weighted by molar-refractivity contribution is 5.97. The molecule has 1 aromatic heterocycles. The van der Waals surface area contributed by atoms with Crippen LogP contribution in [0.1, 0.15) is 17.3 Å². The summed E-state index contributed by atoms with van der Waals surface area (Å²) in [5.41, 5.74) is 3.50. The van der Waals surface area contributed by atoms with E-state index in [0.717, 1.165) is 22.4 Å². The van der Waals surface area contributed by atoms with Gasteiger partial charge >= 0.3 is 0 Å². The number of nitrogens with one attached hydrogen (secondary N) is 1. The summed E-state index contributed by atoms with van der Waals surface area (Å²) in [6.07, 6.45) is 1.84. The second-order valence-electron chi connectivity index (χ2n) is 5.26. The molecule has 0 aliphatic rings. The number of amides is 1. The van der Waals surface area contributed by atoms with E-state index in [1.165, 1.54) is 0 Å². The molecule has 0 fully saturated rings. The Morgan fingerprint density at radius 2 is 2.04 bits per heavy atom. The molecule has 4 heteroatoms. The molecule has 3 aromatic rings. The summed E-state index contributed by atoms with van der Waals surface area (Å²) in [4.78, 5) is 16.8. The zero-order valence-corrected chi connectivity index (χ0v) is 13.1. The first-order valence-electron chi connectivity index (χ1n) is 7.69. The Kier molecular flexibility index (Phi) is 4.24. The van der Waals surface area contributed by atoms with Crippen molar-refractivity contribution in [3.8, 4) is 11.4 Å². The molecule has 4 nitrogen and oxygen atoms in total. The molecule has 116 valence electrons. The maximum atomic E-state index is 12.1. The number of imidazole rings is 1. The zero-order chi connectivity index (χ0) is 16.2. The molecule has 0 atom stereocenters. The van der Waals surface area contributed by atoms with Gasteiger partial charge in [0.05, 0.1) is 11.0 Å². The van der Waals surface area contributed by atoms with Crippen molar-refractivity contribution in [2.24, 2.45) is 0 Å². The Morgan fingerprint density at radius 1 is 1.26 bits per heavy atom. The van der Waals surface area contributed by atoms with Gasteiger partial charge < -0.3 is 9.88 Å². The minimum absolute atomic E-state index is 0.0676. The molecule has 0 aliphatic carbocycles. The lowest BCUT2D eigenvalue weighted by Crippen LogP contribution is -2.22. The number of rotatable bonds is 5. The first-order valence-corrected chi connectivity index (χ1v) is 7.69. The highest BCUT2D eigenvalue weighted by Crippen LogP contribution is 2.25. The maximum absolute atomic E-state index is 12.1. The van der Waals surface area contributed by atoms with Crippen LogP contribution in [0.25, 0.3) is 22.4 Å². The molecule has 0 saturated carbocycles. The highest BCUT2D eigenvalue weighted by Gasteiger charge is 2.14. The number of benzene rings is 2. The van der Waals surface area contributed by atoms with Gasteiger partial charge in [-0.3, -0.25) is 4.79 Å². The SMILES string of the molecule is C=CCn1c(-c2ccccc2)nc2ccc(C(=O)NCC)cc21. The quantitative estimate of drug-likeness (QED) is 0.732. The van der Waals surface area contributed by atoms with Gasteiger partial charge in [0.25, 0.3) is 5.91 Å². The molecule has 3 rings (SSSR count). The van der Waals surface area contributed by atoms with Gasteiger partial charge in [-0.25, -0.2) is 4.98 Å². The van der Waals surface area contributed by atoms with Crippen LogP contribution in [0, 0.1) is 0 Å². The second-order valence-corrected chi connectivity index (χ2v) is 5.26. The van der Waals surface area contributed by atoms with Gasteiger partial charge in [0, 0.05) is 24.2 Å². The number of hydrogen-bond acceptors (Lipinski definition) is 2. The fourth-order valence-electron chi connectivity index (χ4n) is 2.65. The van der Waals surface area contributed by atoms with Crippen LogP contribution in [0.3, 0.4) is 0 Å². The van der Waals surface area contributed by atoms with Gasteiger partial charge in [-0.15, -0.1) is 6.58 Å². The molecule has 1 heterocycles. The predicted molar refractivity (Wildman–Crippen MR) is 93.4 cm³/mol. The van der Waals surface area contributed by atoms with Gasteiger partial charge in [0.15, 0.2) is 0 Å². The Hall–Kier alpha value is -2.88. The predicted octanol–water partition coefficient (Wildman–Crippen LogP) is 3.64. The number of allylic oxidation sites excluding steroid dienone is 1. The van der Waals surface area contributed by atoms with Crippen LogP contribution in [-0.2, 0) is 6.54 Å². The van der Waals surface area contributed by atoms with Crippen molar-refractivity contribution in [2.45, 2.75) is 13.5 Å². The van der Waals surface area contributed by atoms with Crippen LogP contribution in [0.5, 0.6) is 0 Å². The molecule has 0 bridgehead atoms. The molecule has 1 N–H and O–H groups in total. The smallest absolute Gasteiger partial charge is 0.251 e. The lowest BCUT2D eigenvalue weighted by atomic mass is 10.2. The third-order valence-electron chi connectivity index (χ3n) is 3.69. The molecular weight excluding hydrogens is 286 g/mol. The largest absolute Gasteiger partial charge is 0.352 e. The van der Waals surface area contributed by atoms with Gasteiger partial charge in [0.1, 0.15) is 5.82 Å². The summed E-state index contributed by atoms with van der Waals surface area (Å²) < 4.78 is 2.08. The van der Waals surface area contributed by atoms with E-state index in [9.17, 15) is 4.79 Å². The van der Waals surface area contributed by atoms with Crippen LogP contribution < -0.4 is 5.32 Å². The standard InChI is InChI=1S/C19H19N3O/c1-3-12-22-17-13-15(19(23)20-4-2)10-11-16(17)21-18(22)14-8-6-5-7-9-14/h3,5-11,13H,1,4,12H2,2H3,(H,20,23). The van der Waals surface area contributed by atoms with Crippen molar-refractivity contribution in [1.82, 2.24) is 14.9 Å². The second kappa shape index (κ2) is 6.48. The monoisotopic (exact) mass is 305 g/mol. The lowest BCUT2D eigenvalue weighted by molar-refractivity contribution is 0.0956. The summed E-state index contributed by atoms with van der Waals surface area (Å²) >= 11 is 0. The zero-order valence-electron chi connectivity index (χ0n) is 13.1. The molecular formula is C19H19N3O. The van der Waals surface area contributed by atoms with Crippen LogP contribution in [-0.4, -0.2) is 22.0 Å². The Labute approximate surface area is 135 Å². The molecule has 2 aromatic carbocycles. The van der Waals surface area contributed by atoms with Crippen molar-refractivity contribution >= 4 is 16.9 Å². The fraction of sp³-hybridized carbons (Fsp3) is 0.158. The highest BCUT2D eigenvalue weighted by atomic mass is 16.1. The molecule has 0 spiro atoms. The number of nitrogens with zero attached hydrogens (tertiary/aromatic N) is 2. The van der Waals surface area contributed by atoms with Crippen molar-refractivity contribution in [3.05, 3.63) is 66.7 Å². The Morgan fingerprint density at radius 3 is 2.74 bits per heavy atom. The topological polar surface area (TPSA) is 46.9 Å². The summed E-state index contributed by atoms with van der Waals surface area (Å²) in [7, 11) is 0. The summed E-state index contributed by atoms with van der Waals surface area (Å²) in [6, 6.07) is 15.6. The van der Waals surface area contributed by atoms with Crippen LogP contribution >= 0.6 is 0 Å². The number of carbonyl (C=O) groups is 1. The van der Waals surface area contributed by atoms with Crippen molar-refractivity contribution in [3.63, 3.8) is 0 Å². The molecule has 0 unspecified atom stereocenters. The minimum atomic E-state index is -0.0676. The van der Waals surface area contributed by atoms with Crippen molar-refractivity contribution in [1.29, 1.82) is 0 Å². The number of hydrogen-bond donors (Lipinski definition) is 1. The van der Waals surface area contributed by atoms with Crippen molar-refractivity contribution < 1.29 is 4.79 Å². The van der Waals surface area contributed by atoms with Gasteiger partial charge in [-0.1, -0.05) is 36.4 Å². The van der Waals surface area contributed by atoms with E-state index in [1.54, 1.807) is 0 Å². The van der Waals surface area contributed by atoms with E-state index in [-0.39, 0.29) is 5.91 Å². The normalized spacial score (nSPS) is 10.7. The first kappa shape index (κ1) is 15.0. The third kappa shape index (κ3) is 2.88. The number of aromatic nitrogens is 2. The molecule has 0 aliphatic heterocycles. The van der Waals surface area contributed by atoms with E-state index < -0.39 is 0 Å². The maximum Gasteiger partial charge on any atom is 0.251 e. The summed E-state index contributed by atoms with van der Waals surface area (Å²) in [6.45, 7) is 6.99. The number of carbonyl (C=O) groups excluding carboxylic acids is 1. The minimum Gasteiger partial charge on any atom is -0.352 e. The average Bonchev–Trinajstić information content (AvgIpc) is 2.94. The Balaban J connectivity index is 2.17. The summed E-state index contributed by atoms with van der Waals surface area (Å²) in [5.74, 6) is 0.815. The molecule has 0 radical (unpaired) electrons. The van der Waals surface area contributed by atoms with Crippen LogP contribution in [0.15, 0.2) is 61.2 Å². The van der Waals surface area contributed by atoms with E-state index in [1.807, 2.05) is 61.5 Å². The van der Waals surface area contributed by atoms with Crippen LogP contribution in [0.4, 0.5) is 0 Å². The van der Waals surface area contributed by atoms with E-state index in [0.29, 0.717) is 18.7 Å². The third-order valence-corrected chi connectivity index (χ3v) is 3.69. The van der Waals surface area contributed by atoms with E-state index in [2.05, 4.69) is 16.5 Å². The first-order chi connectivity index (χ1) is 11.2. The van der Waals surface area contributed by atoms with Gasteiger partial charge in [-0.2, -0.15) is 0 Å². The molecule has 23 heavy (non-hydrogen) atoms. The summed E-state index contributed by atoms with van der Waals surface area (Å²) in [5, 5.41) is 2.83. The molecule has 0 saturated heterocycles. The molecule has 1 amide bonds. The van der Waals surface area contributed by atoms with Crippen molar-refractivity contribution in [2.75, 3.05) is 6.54 Å². The van der Waals surface area contributed by atoms with Gasteiger partial charge in [0.2, 0.25) is 0 Å².